The first-order valence-electron chi connectivity index (χ1n) is 7.87. The van der Waals surface area contributed by atoms with E-state index in [0.29, 0.717) is 16.3 Å². The third-order valence-corrected chi connectivity index (χ3v) is 4.45. The van der Waals surface area contributed by atoms with Crippen LogP contribution in [0.25, 0.3) is 0 Å². The fourth-order valence-electron chi connectivity index (χ4n) is 3.04. The van der Waals surface area contributed by atoms with Crippen LogP contribution in [-0.2, 0) is 0 Å². The van der Waals surface area contributed by atoms with Crippen LogP contribution in [0.4, 0.5) is 11.4 Å². The van der Waals surface area contributed by atoms with Crippen LogP contribution in [-0.4, -0.2) is 11.0 Å². The average Bonchev–Trinajstić information content (AvgIpc) is 2.63. The third kappa shape index (κ3) is 2.81. The van der Waals surface area contributed by atoms with E-state index in [1.807, 2.05) is 36.4 Å². The Balaban J connectivity index is 1.87. The molecule has 0 saturated carbocycles. The minimum Gasteiger partial charge on any atom is -0.508 e. The number of anilines is 2. The van der Waals surface area contributed by atoms with E-state index in [9.17, 15) is 9.90 Å². The normalized spacial score (nSPS) is 16.3. The number of benzene rings is 3. The molecule has 4 rings (SSSR count). The summed E-state index contributed by atoms with van der Waals surface area (Å²) < 4.78 is 0. The van der Waals surface area contributed by atoms with E-state index >= 15 is 0 Å². The van der Waals surface area contributed by atoms with Gasteiger partial charge in [0.05, 0.1) is 5.56 Å². The molecule has 0 saturated heterocycles. The van der Waals surface area contributed by atoms with Gasteiger partial charge in [-0.1, -0.05) is 35.9 Å². The summed E-state index contributed by atoms with van der Waals surface area (Å²) in [6.45, 7) is 0. The number of rotatable bonds is 2. The summed E-state index contributed by atoms with van der Waals surface area (Å²) in [6, 6.07) is 21.4. The minimum atomic E-state index is -0.398. The maximum absolute atomic E-state index is 13.2. The fraction of sp³-hybridized carbons (Fsp3) is 0.0500. The third-order valence-electron chi connectivity index (χ3n) is 4.22. The smallest absolute Gasteiger partial charge is 0.262 e. The molecule has 1 amide bonds. The van der Waals surface area contributed by atoms with Crippen LogP contribution >= 0.6 is 11.6 Å². The Kier molecular flexibility index (Phi) is 3.82. The van der Waals surface area contributed by atoms with Crippen LogP contribution in [0.15, 0.2) is 72.8 Å². The van der Waals surface area contributed by atoms with Crippen molar-refractivity contribution in [3.63, 3.8) is 0 Å². The number of nitrogens with zero attached hydrogens (tertiary/aromatic N) is 1. The largest absolute Gasteiger partial charge is 0.508 e. The molecule has 1 atom stereocenters. The number of nitrogens with one attached hydrogen (secondary N) is 1. The van der Waals surface area contributed by atoms with E-state index in [0.717, 1.165) is 11.3 Å². The van der Waals surface area contributed by atoms with Gasteiger partial charge >= 0.3 is 0 Å². The molecule has 3 aromatic carbocycles. The van der Waals surface area contributed by atoms with Crippen molar-refractivity contribution < 1.29 is 9.90 Å². The van der Waals surface area contributed by atoms with Gasteiger partial charge in [0.15, 0.2) is 0 Å². The summed E-state index contributed by atoms with van der Waals surface area (Å²) in [5, 5.41) is 13.6. The van der Waals surface area contributed by atoms with Gasteiger partial charge in [-0.05, 0) is 54.1 Å². The van der Waals surface area contributed by atoms with E-state index in [4.69, 9.17) is 11.6 Å². The molecule has 25 heavy (non-hydrogen) atoms. The number of fused-ring (bicyclic) bond motifs is 1. The van der Waals surface area contributed by atoms with Gasteiger partial charge in [-0.2, -0.15) is 0 Å². The summed E-state index contributed by atoms with van der Waals surface area (Å²) in [5.74, 6) is 0.0471. The summed E-state index contributed by atoms with van der Waals surface area (Å²) in [7, 11) is 0. The lowest BCUT2D eigenvalue weighted by atomic mass is 10.0. The second-order valence-electron chi connectivity index (χ2n) is 5.84. The van der Waals surface area contributed by atoms with Gasteiger partial charge in [-0.25, -0.2) is 0 Å². The molecule has 1 unspecified atom stereocenters. The molecule has 2 N–H and O–H groups in total. The van der Waals surface area contributed by atoms with Crippen LogP contribution < -0.4 is 10.2 Å². The SMILES string of the molecule is O=C1c2ccccc2NC(c2cccc(Cl)c2)N1c1ccc(O)cc1. The average molecular weight is 351 g/mol. The molecule has 3 aromatic rings. The molecule has 5 heteroatoms. The van der Waals surface area contributed by atoms with Gasteiger partial charge in [0.2, 0.25) is 0 Å². The number of carbonyl (C=O) groups excluding carboxylic acids is 1. The van der Waals surface area contributed by atoms with Crippen molar-refractivity contribution >= 4 is 28.9 Å². The molecule has 124 valence electrons. The number of carbonyl (C=O) groups is 1. The standard InChI is InChI=1S/C20H15ClN2O2/c21-14-5-3-4-13(12-14)19-22-18-7-2-1-6-17(18)20(25)23(19)15-8-10-16(24)11-9-15/h1-12,19,22,24H. The summed E-state index contributed by atoms with van der Waals surface area (Å²) in [4.78, 5) is 14.8. The van der Waals surface area contributed by atoms with Crippen molar-refractivity contribution in [2.24, 2.45) is 0 Å². The number of aromatic hydroxyl groups is 1. The van der Waals surface area contributed by atoms with Gasteiger partial charge in [0.25, 0.3) is 5.91 Å². The second kappa shape index (κ2) is 6.15. The van der Waals surface area contributed by atoms with Gasteiger partial charge in [0, 0.05) is 16.4 Å². The minimum absolute atomic E-state index is 0.106. The number of hydrogen-bond acceptors (Lipinski definition) is 3. The molecule has 1 aliphatic rings. The van der Waals surface area contributed by atoms with Gasteiger partial charge in [-0.3, -0.25) is 9.69 Å². The number of phenolic OH excluding ortho intramolecular Hbond substituents is 1. The lowest BCUT2D eigenvalue weighted by Gasteiger charge is -2.38. The van der Waals surface area contributed by atoms with Gasteiger partial charge in [0.1, 0.15) is 11.9 Å². The molecule has 0 aliphatic carbocycles. The van der Waals surface area contributed by atoms with E-state index in [1.165, 1.54) is 0 Å². The lowest BCUT2D eigenvalue weighted by molar-refractivity contribution is 0.0975. The van der Waals surface area contributed by atoms with Crippen molar-refractivity contribution in [2.45, 2.75) is 6.17 Å². The monoisotopic (exact) mass is 350 g/mol. The molecular formula is C20H15ClN2O2. The number of para-hydroxylation sites is 1. The quantitative estimate of drug-likeness (QED) is 0.697. The molecule has 1 heterocycles. The van der Waals surface area contributed by atoms with E-state index in [2.05, 4.69) is 5.32 Å². The highest BCUT2D eigenvalue weighted by molar-refractivity contribution is 6.30. The Hall–Kier alpha value is -2.98. The Morgan fingerprint density at radius 2 is 1.72 bits per heavy atom. The highest BCUT2D eigenvalue weighted by Crippen LogP contribution is 2.37. The predicted molar refractivity (Wildman–Crippen MR) is 99.2 cm³/mol. The number of amides is 1. The highest BCUT2D eigenvalue weighted by Gasteiger charge is 2.33. The number of halogens is 1. The predicted octanol–water partition coefficient (Wildman–Crippen LogP) is 4.82. The topological polar surface area (TPSA) is 52.6 Å². The van der Waals surface area contributed by atoms with Crippen LogP contribution in [0.1, 0.15) is 22.1 Å². The first kappa shape index (κ1) is 15.5. The molecule has 0 fully saturated rings. The Morgan fingerprint density at radius 3 is 2.48 bits per heavy atom. The van der Waals surface area contributed by atoms with Gasteiger partial charge in [-0.15, -0.1) is 0 Å². The Bertz CT molecular complexity index is 940. The van der Waals surface area contributed by atoms with Crippen molar-refractivity contribution in [3.8, 4) is 5.75 Å². The van der Waals surface area contributed by atoms with Crippen LogP contribution in [0.3, 0.4) is 0 Å². The summed E-state index contributed by atoms with van der Waals surface area (Å²) in [6.07, 6.45) is -0.398. The van der Waals surface area contributed by atoms with Crippen molar-refractivity contribution in [1.82, 2.24) is 0 Å². The molecule has 1 aliphatic heterocycles. The van der Waals surface area contributed by atoms with E-state index in [1.54, 1.807) is 41.3 Å². The molecule has 0 aromatic heterocycles. The van der Waals surface area contributed by atoms with Crippen LogP contribution in [0.5, 0.6) is 5.75 Å². The summed E-state index contributed by atoms with van der Waals surface area (Å²) in [5.41, 5.74) is 2.96. The maximum Gasteiger partial charge on any atom is 0.262 e. The van der Waals surface area contributed by atoms with Crippen molar-refractivity contribution in [3.05, 3.63) is 88.9 Å². The first-order chi connectivity index (χ1) is 12.1. The van der Waals surface area contributed by atoms with Crippen molar-refractivity contribution in [2.75, 3.05) is 10.2 Å². The first-order valence-corrected chi connectivity index (χ1v) is 8.25. The molecule has 0 spiro atoms. The Labute approximate surface area is 150 Å². The number of phenols is 1. The maximum atomic E-state index is 13.2. The molecule has 4 nitrogen and oxygen atoms in total. The zero-order chi connectivity index (χ0) is 17.4. The molecule has 0 bridgehead atoms. The lowest BCUT2D eigenvalue weighted by Crippen LogP contribution is -2.43. The molecular weight excluding hydrogens is 336 g/mol. The van der Waals surface area contributed by atoms with Crippen LogP contribution in [0.2, 0.25) is 5.02 Å². The zero-order valence-corrected chi connectivity index (χ0v) is 13.9. The summed E-state index contributed by atoms with van der Waals surface area (Å²) >= 11 is 6.15. The van der Waals surface area contributed by atoms with Crippen molar-refractivity contribution in [1.29, 1.82) is 0 Å². The second-order valence-corrected chi connectivity index (χ2v) is 6.28. The zero-order valence-electron chi connectivity index (χ0n) is 13.2. The fourth-order valence-corrected chi connectivity index (χ4v) is 3.24. The van der Waals surface area contributed by atoms with Crippen LogP contribution in [0, 0.1) is 0 Å². The van der Waals surface area contributed by atoms with Gasteiger partial charge < -0.3 is 10.4 Å². The Morgan fingerprint density at radius 1 is 0.960 bits per heavy atom. The highest BCUT2D eigenvalue weighted by atomic mass is 35.5. The molecule has 0 radical (unpaired) electrons. The van der Waals surface area contributed by atoms with E-state index in [-0.39, 0.29) is 11.7 Å². The van der Waals surface area contributed by atoms with E-state index < -0.39 is 6.17 Å². The number of hydrogen-bond donors (Lipinski definition) is 2.